The van der Waals surface area contributed by atoms with Crippen LogP contribution >= 0.6 is 0 Å². The number of aromatic nitrogens is 2. The summed E-state index contributed by atoms with van der Waals surface area (Å²) >= 11 is 0. The summed E-state index contributed by atoms with van der Waals surface area (Å²) in [4.78, 5) is 34.9. The number of rotatable bonds is 10. The Kier molecular flexibility index (Phi) is 8.99. The van der Waals surface area contributed by atoms with Crippen molar-refractivity contribution in [2.75, 3.05) is 20.8 Å². The van der Waals surface area contributed by atoms with E-state index in [4.69, 9.17) is 23.6 Å². The number of carbonyl (C=O) groups is 2. The first-order valence-corrected chi connectivity index (χ1v) is 15.1. The number of halogens is 2. The Bertz CT molecular complexity index is 1970. The zero-order chi connectivity index (χ0) is 33.2. The van der Waals surface area contributed by atoms with E-state index in [-0.39, 0.29) is 24.1 Å². The standard InChI is InChI=1S/C36H33F2N3O6/c1-20-24(8-5-10-26(20)28-14-13-22(19-42)33(39-28)44-3)25-9-6-11-27(21(25)2)34-40-29-16-23(31(47-36(37)38)17-32(29)46-34)18-41-15-7-12-30(41)35(43)45-4/h5-6,8-11,13-14,16-17,19,30,36H,7,12,15,18H2,1-4H3/t30-/m0/s1. The summed E-state index contributed by atoms with van der Waals surface area (Å²) in [5.41, 5.74) is 7.71. The predicted molar refractivity (Wildman–Crippen MR) is 172 cm³/mol. The third kappa shape index (κ3) is 6.18. The number of benzene rings is 3. The number of oxazole rings is 1. The van der Waals surface area contributed by atoms with Crippen LogP contribution in [0.25, 0.3) is 44.9 Å². The molecule has 2 aromatic heterocycles. The van der Waals surface area contributed by atoms with Gasteiger partial charge in [0.2, 0.25) is 11.8 Å². The lowest BCUT2D eigenvalue weighted by molar-refractivity contribution is -0.146. The van der Waals surface area contributed by atoms with Crippen LogP contribution in [0.1, 0.15) is 39.9 Å². The Hall–Kier alpha value is -5.16. The molecule has 3 aromatic carbocycles. The average molecular weight is 642 g/mol. The summed E-state index contributed by atoms with van der Waals surface area (Å²) in [6.07, 6.45) is 2.13. The molecule has 0 saturated carbocycles. The van der Waals surface area contributed by atoms with E-state index in [1.807, 2.05) is 55.1 Å². The Morgan fingerprint density at radius 1 is 1.00 bits per heavy atom. The number of hydrogen-bond acceptors (Lipinski definition) is 9. The molecule has 1 aliphatic heterocycles. The average Bonchev–Trinajstić information content (AvgIpc) is 3.71. The van der Waals surface area contributed by atoms with Crippen LogP contribution in [0.4, 0.5) is 8.78 Å². The second kappa shape index (κ2) is 13.3. The van der Waals surface area contributed by atoms with Gasteiger partial charge in [0, 0.05) is 29.3 Å². The van der Waals surface area contributed by atoms with Gasteiger partial charge in [0.05, 0.1) is 25.5 Å². The van der Waals surface area contributed by atoms with Crippen molar-refractivity contribution < 1.29 is 37.0 Å². The van der Waals surface area contributed by atoms with Crippen molar-refractivity contribution >= 4 is 23.4 Å². The molecule has 5 aromatic rings. The molecule has 242 valence electrons. The largest absolute Gasteiger partial charge is 0.480 e. The summed E-state index contributed by atoms with van der Waals surface area (Å²) in [5.74, 6) is 0.199. The van der Waals surface area contributed by atoms with E-state index in [0.717, 1.165) is 39.8 Å². The third-order valence-electron chi connectivity index (χ3n) is 8.67. The molecule has 1 atom stereocenters. The van der Waals surface area contributed by atoms with E-state index in [1.54, 1.807) is 18.2 Å². The van der Waals surface area contributed by atoms with Crippen LogP contribution in [-0.4, -0.2) is 60.5 Å². The molecule has 0 aliphatic carbocycles. The van der Waals surface area contributed by atoms with Crippen molar-refractivity contribution in [2.45, 2.75) is 45.9 Å². The van der Waals surface area contributed by atoms with Crippen LogP contribution in [0.3, 0.4) is 0 Å². The molecule has 0 bridgehead atoms. The predicted octanol–water partition coefficient (Wildman–Crippen LogP) is 7.40. The first kappa shape index (κ1) is 31.8. The van der Waals surface area contributed by atoms with E-state index in [0.29, 0.717) is 53.1 Å². The number of alkyl halides is 2. The molecule has 0 unspecified atom stereocenters. The summed E-state index contributed by atoms with van der Waals surface area (Å²) < 4.78 is 48.2. The molecule has 6 rings (SSSR count). The monoisotopic (exact) mass is 641 g/mol. The highest BCUT2D eigenvalue weighted by molar-refractivity contribution is 5.85. The van der Waals surface area contributed by atoms with Gasteiger partial charge >= 0.3 is 12.6 Å². The number of esters is 1. The molecule has 11 heteroatoms. The fourth-order valence-corrected chi connectivity index (χ4v) is 6.30. The number of methoxy groups -OCH3 is 2. The number of hydrogen-bond donors (Lipinski definition) is 0. The summed E-state index contributed by atoms with van der Waals surface area (Å²) in [6, 6.07) is 17.9. The lowest BCUT2D eigenvalue weighted by Crippen LogP contribution is -2.36. The quantitative estimate of drug-likeness (QED) is 0.114. The van der Waals surface area contributed by atoms with Gasteiger partial charge in [-0.1, -0.05) is 30.3 Å². The molecule has 3 heterocycles. The van der Waals surface area contributed by atoms with Gasteiger partial charge in [-0.15, -0.1) is 0 Å². The minimum absolute atomic E-state index is 0.0324. The van der Waals surface area contributed by atoms with Crippen LogP contribution in [0.5, 0.6) is 11.6 Å². The Balaban J connectivity index is 1.38. The minimum atomic E-state index is -3.04. The number of fused-ring (bicyclic) bond motifs is 1. The number of nitrogens with zero attached hydrogens (tertiary/aromatic N) is 3. The minimum Gasteiger partial charge on any atom is -0.480 e. The molecule has 47 heavy (non-hydrogen) atoms. The Morgan fingerprint density at radius 2 is 1.70 bits per heavy atom. The zero-order valence-electron chi connectivity index (χ0n) is 26.4. The molecule has 0 spiro atoms. The molecule has 0 amide bonds. The van der Waals surface area contributed by atoms with E-state index < -0.39 is 12.7 Å². The second-order valence-corrected chi connectivity index (χ2v) is 11.3. The fourth-order valence-electron chi connectivity index (χ4n) is 6.30. The summed E-state index contributed by atoms with van der Waals surface area (Å²) in [6.45, 7) is 1.78. The first-order chi connectivity index (χ1) is 22.7. The van der Waals surface area contributed by atoms with Gasteiger partial charge in [-0.05, 0) is 79.8 Å². The van der Waals surface area contributed by atoms with Gasteiger partial charge in [-0.3, -0.25) is 14.5 Å². The van der Waals surface area contributed by atoms with E-state index in [2.05, 4.69) is 4.98 Å². The molecular weight excluding hydrogens is 608 g/mol. The zero-order valence-corrected chi connectivity index (χ0v) is 26.4. The van der Waals surface area contributed by atoms with Crippen molar-refractivity contribution in [3.05, 3.63) is 82.9 Å². The van der Waals surface area contributed by atoms with Gasteiger partial charge in [0.25, 0.3) is 0 Å². The number of aldehydes is 1. The van der Waals surface area contributed by atoms with Crippen LogP contribution in [0, 0.1) is 13.8 Å². The van der Waals surface area contributed by atoms with Gasteiger partial charge in [-0.25, -0.2) is 9.97 Å². The number of likely N-dealkylation sites (tertiary alicyclic amines) is 1. The second-order valence-electron chi connectivity index (χ2n) is 11.3. The molecule has 0 N–H and O–H groups in total. The molecule has 0 radical (unpaired) electrons. The van der Waals surface area contributed by atoms with Gasteiger partial charge < -0.3 is 18.6 Å². The highest BCUT2D eigenvalue weighted by Crippen LogP contribution is 2.39. The fraction of sp³-hybridized carbons (Fsp3) is 0.278. The lowest BCUT2D eigenvalue weighted by atomic mass is 9.90. The number of ether oxygens (including phenoxy) is 3. The first-order valence-electron chi connectivity index (χ1n) is 15.1. The van der Waals surface area contributed by atoms with Crippen molar-refractivity contribution in [1.29, 1.82) is 0 Å². The SMILES string of the molecule is COC(=O)[C@@H]1CCCN1Cc1cc2nc(-c3cccc(-c4cccc(-c5ccc(C=O)c(OC)n5)c4C)c3C)oc2cc1OC(F)F. The smallest absolute Gasteiger partial charge is 0.387 e. The lowest BCUT2D eigenvalue weighted by Gasteiger charge is -2.23. The number of pyridine rings is 1. The molecule has 1 saturated heterocycles. The summed E-state index contributed by atoms with van der Waals surface area (Å²) in [5, 5.41) is 0. The van der Waals surface area contributed by atoms with Crippen molar-refractivity contribution in [3.63, 3.8) is 0 Å². The highest BCUT2D eigenvalue weighted by atomic mass is 19.3. The topological polar surface area (TPSA) is 104 Å². The third-order valence-corrected chi connectivity index (χ3v) is 8.67. The van der Waals surface area contributed by atoms with E-state index in [9.17, 15) is 18.4 Å². The number of carbonyl (C=O) groups excluding carboxylic acids is 2. The molecule has 1 fully saturated rings. The van der Waals surface area contributed by atoms with Crippen molar-refractivity contribution in [3.8, 4) is 45.5 Å². The molecule has 1 aliphatic rings. The molecule has 9 nitrogen and oxygen atoms in total. The van der Waals surface area contributed by atoms with Crippen molar-refractivity contribution in [2.24, 2.45) is 0 Å². The maximum Gasteiger partial charge on any atom is 0.387 e. The maximum absolute atomic E-state index is 13.5. The van der Waals surface area contributed by atoms with Gasteiger partial charge in [-0.2, -0.15) is 8.78 Å². The van der Waals surface area contributed by atoms with Gasteiger partial charge in [0.1, 0.15) is 17.3 Å². The van der Waals surface area contributed by atoms with Crippen LogP contribution in [0.15, 0.2) is 65.1 Å². The van der Waals surface area contributed by atoms with E-state index >= 15 is 0 Å². The van der Waals surface area contributed by atoms with E-state index in [1.165, 1.54) is 20.3 Å². The van der Waals surface area contributed by atoms with Crippen LogP contribution in [-0.2, 0) is 16.1 Å². The molecular formula is C36H33F2N3O6. The maximum atomic E-state index is 13.5. The summed E-state index contributed by atoms with van der Waals surface area (Å²) in [7, 11) is 2.82. The van der Waals surface area contributed by atoms with Crippen LogP contribution < -0.4 is 9.47 Å². The van der Waals surface area contributed by atoms with Crippen molar-refractivity contribution in [1.82, 2.24) is 14.9 Å². The normalized spacial score (nSPS) is 14.9. The Morgan fingerprint density at radius 3 is 2.38 bits per heavy atom. The van der Waals surface area contributed by atoms with Gasteiger partial charge in [0.15, 0.2) is 11.9 Å². The highest BCUT2D eigenvalue weighted by Gasteiger charge is 2.32. The van der Waals surface area contributed by atoms with Crippen LogP contribution in [0.2, 0.25) is 0 Å². The Labute approximate surface area is 270 Å².